The van der Waals surface area contributed by atoms with Crippen molar-refractivity contribution in [2.24, 2.45) is 19.2 Å². The van der Waals surface area contributed by atoms with Crippen LogP contribution in [0, 0.1) is 0 Å². The first-order chi connectivity index (χ1) is 15.0. The van der Waals surface area contributed by atoms with Crippen molar-refractivity contribution < 1.29 is 4.74 Å². The van der Waals surface area contributed by atoms with Gasteiger partial charge in [-0.05, 0) is 35.4 Å². The fourth-order valence-corrected chi connectivity index (χ4v) is 3.30. The van der Waals surface area contributed by atoms with Crippen LogP contribution in [0.1, 0.15) is 11.1 Å². The summed E-state index contributed by atoms with van der Waals surface area (Å²) in [5.74, 6) is 1.11. The molecule has 0 bridgehead atoms. The molecule has 0 atom stereocenters. The second-order valence-corrected chi connectivity index (χ2v) is 7.03. The van der Waals surface area contributed by atoms with Gasteiger partial charge >= 0.3 is 5.69 Å². The minimum Gasteiger partial charge on any atom is -0.497 e. The Morgan fingerprint density at radius 2 is 1.74 bits per heavy atom. The van der Waals surface area contributed by atoms with Crippen LogP contribution in [0.5, 0.6) is 5.75 Å². The number of hydrogen-bond donors (Lipinski definition) is 1. The SMILES string of the molecule is COc1ccc(/C=N\Nc2nc3c(c(=O)n(Cc4ccccc4)c(=O)n3C)n2C)cc1. The third kappa shape index (κ3) is 3.85. The number of imidazole rings is 1. The van der Waals surface area contributed by atoms with E-state index < -0.39 is 11.2 Å². The molecular formula is C22H22N6O3. The lowest BCUT2D eigenvalue weighted by molar-refractivity contribution is 0.415. The molecular weight excluding hydrogens is 396 g/mol. The smallest absolute Gasteiger partial charge is 0.332 e. The highest BCUT2D eigenvalue weighted by molar-refractivity contribution is 5.80. The van der Waals surface area contributed by atoms with Crippen molar-refractivity contribution in [1.29, 1.82) is 0 Å². The quantitative estimate of drug-likeness (QED) is 0.381. The van der Waals surface area contributed by atoms with Gasteiger partial charge in [-0.25, -0.2) is 10.2 Å². The van der Waals surface area contributed by atoms with Crippen molar-refractivity contribution in [1.82, 2.24) is 18.7 Å². The highest BCUT2D eigenvalue weighted by atomic mass is 16.5. The van der Waals surface area contributed by atoms with Crippen LogP contribution >= 0.6 is 0 Å². The molecule has 2 aromatic carbocycles. The monoisotopic (exact) mass is 418 g/mol. The van der Waals surface area contributed by atoms with Crippen LogP contribution in [0.25, 0.3) is 11.2 Å². The molecule has 9 heteroatoms. The van der Waals surface area contributed by atoms with Crippen LogP contribution in [0.3, 0.4) is 0 Å². The van der Waals surface area contributed by atoms with Gasteiger partial charge in [0.05, 0.1) is 19.9 Å². The predicted octanol–water partition coefficient (Wildman–Crippen LogP) is 1.94. The Bertz CT molecular complexity index is 1370. The van der Waals surface area contributed by atoms with E-state index in [4.69, 9.17) is 4.74 Å². The zero-order valence-corrected chi connectivity index (χ0v) is 17.4. The van der Waals surface area contributed by atoms with E-state index in [0.29, 0.717) is 17.1 Å². The van der Waals surface area contributed by atoms with E-state index in [1.807, 2.05) is 54.6 Å². The number of fused-ring (bicyclic) bond motifs is 1. The number of hydrazone groups is 1. The van der Waals surface area contributed by atoms with Crippen molar-refractivity contribution in [3.63, 3.8) is 0 Å². The standard InChI is InChI=1S/C22H22N6O3/c1-26-18-19(24-21(26)25-23-13-15-9-11-17(31-3)12-10-15)27(2)22(30)28(20(18)29)14-16-7-5-4-6-8-16/h4-13H,14H2,1-3H3,(H,24,25)/b23-13-. The zero-order chi connectivity index (χ0) is 22.0. The fourth-order valence-electron chi connectivity index (χ4n) is 3.30. The summed E-state index contributed by atoms with van der Waals surface area (Å²) >= 11 is 0. The molecule has 0 saturated carbocycles. The second kappa shape index (κ2) is 8.31. The van der Waals surface area contributed by atoms with Gasteiger partial charge < -0.3 is 9.30 Å². The van der Waals surface area contributed by atoms with Crippen LogP contribution < -0.4 is 21.4 Å². The van der Waals surface area contributed by atoms with E-state index in [9.17, 15) is 9.59 Å². The summed E-state index contributed by atoms with van der Waals surface area (Å²) in [4.78, 5) is 30.3. The molecule has 0 spiro atoms. The van der Waals surface area contributed by atoms with Crippen LogP contribution in [-0.4, -0.2) is 32.0 Å². The summed E-state index contributed by atoms with van der Waals surface area (Å²) in [6, 6.07) is 16.8. The normalized spacial score (nSPS) is 11.3. The van der Waals surface area contributed by atoms with Gasteiger partial charge in [-0.15, -0.1) is 0 Å². The number of methoxy groups -OCH3 is 1. The number of aromatic nitrogens is 4. The molecule has 9 nitrogen and oxygen atoms in total. The lowest BCUT2D eigenvalue weighted by atomic mass is 10.2. The summed E-state index contributed by atoms with van der Waals surface area (Å²) in [5.41, 5.74) is 4.37. The molecule has 1 N–H and O–H groups in total. The largest absolute Gasteiger partial charge is 0.497 e. The average molecular weight is 418 g/mol. The van der Waals surface area contributed by atoms with Crippen molar-refractivity contribution >= 4 is 23.3 Å². The number of rotatable bonds is 6. The van der Waals surface area contributed by atoms with Gasteiger partial charge in [-0.3, -0.25) is 13.9 Å². The molecule has 0 amide bonds. The minimum absolute atomic E-state index is 0.186. The Morgan fingerprint density at radius 3 is 2.42 bits per heavy atom. The second-order valence-electron chi connectivity index (χ2n) is 7.03. The Balaban J connectivity index is 1.68. The van der Waals surface area contributed by atoms with Crippen molar-refractivity contribution in [3.05, 3.63) is 86.6 Å². The number of nitrogens with one attached hydrogen (secondary N) is 1. The molecule has 4 aromatic rings. The first kappa shape index (κ1) is 20.1. The summed E-state index contributed by atoms with van der Waals surface area (Å²) in [6.45, 7) is 0.186. The number of benzene rings is 2. The van der Waals surface area contributed by atoms with Crippen LogP contribution in [-0.2, 0) is 20.6 Å². The number of aryl methyl sites for hydroxylation is 2. The molecule has 0 unspecified atom stereocenters. The molecule has 2 aromatic heterocycles. The fraction of sp³-hybridized carbons (Fsp3) is 0.182. The lowest BCUT2D eigenvalue weighted by Gasteiger charge is -2.08. The molecule has 158 valence electrons. The third-order valence-corrected chi connectivity index (χ3v) is 5.04. The molecule has 4 rings (SSSR count). The third-order valence-electron chi connectivity index (χ3n) is 5.04. The van der Waals surface area contributed by atoms with Crippen molar-refractivity contribution in [3.8, 4) is 5.75 Å². The maximum absolute atomic E-state index is 13.1. The van der Waals surface area contributed by atoms with E-state index >= 15 is 0 Å². The average Bonchev–Trinajstić information content (AvgIpc) is 3.13. The number of hydrogen-bond acceptors (Lipinski definition) is 6. The molecule has 31 heavy (non-hydrogen) atoms. The Hall–Kier alpha value is -4.14. The van der Waals surface area contributed by atoms with Crippen molar-refractivity contribution in [2.45, 2.75) is 6.54 Å². The number of anilines is 1. The van der Waals surface area contributed by atoms with E-state index in [1.54, 1.807) is 32.0 Å². The summed E-state index contributed by atoms with van der Waals surface area (Å²) in [6.07, 6.45) is 1.63. The zero-order valence-electron chi connectivity index (χ0n) is 17.4. The van der Waals surface area contributed by atoms with Crippen LogP contribution in [0.2, 0.25) is 0 Å². The predicted molar refractivity (Wildman–Crippen MR) is 120 cm³/mol. The van der Waals surface area contributed by atoms with Gasteiger partial charge in [0, 0.05) is 14.1 Å². The van der Waals surface area contributed by atoms with Gasteiger partial charge in [0.25, 0.3) is 5.56 Å². The summed E-state index contributed by atoms with van der Waals surface area (Å²) in [5, 5.41) is 4.20. The molecule has 0 aliphatic rings. The van der Waals surface area contributed by atoms with E-state index in [-0.39, 0.29) is 6.54 Å². The van der Waals surface area contributed by atoms with Gasteiger partial charge in [-0.2, -0.15) is 10.1 Å². The molecule has 0 saturated heterocycles. The van der Waals surface area contributed by atoms with Crippen LogP contribution in [0.4, 0.5) is 5.95 Å². The summed E-state index contributed by atoms with van der Waals surface area (Å²) < 4.78 is 9.32. The van der Waals surface area contributed by atoms with Gasteiger partial charge in [0.15, 0.2) is 11.2 Å². The van der Waals surface area contributed by atoms with Gasteiger partial charge in [0.2, 0.25) is 5.95 Å². The van der Waals surface area contributed by atoms with Gasteiger partial charge in [-0.1, -0.05) is 30.3 Å². The van der Waals surface area contributed by atoms with E-state index in [1.165, 1.54) is 9.13 Å². The molecule has 2 heterocycles. The van der Waals surface area contributed by atoms with Crippen LogP contribution in [0.15, 0.2) is 69.3 Å². The topological polar surface area (TPSA) is 95.4 Å². The first-order valence-electron chi connectivity index (χ1n) is 9.63. The Kier molecular flexibility index (Phi) is 5.40. The van der Waals surface area contributed by atoms with Gasteiger partial charge in [0.1, 0.15) is 5.75 Å². The summed E-state index contributed by atoms with van der Waals surface area (Å²) in [7, 11) is 4.92. The highest BCUT2D eigenvalue weighted by Crippen LogP contribution is 2.14. The maximum atomic E-state index is 13.1. The minimum atomic E-state index is -0.423. The highest BCUT2D eigenvalue weighted by Gasteiger charge is 2.18. The number of ether oxygens (including phenoxy) is 1. The van der Waals surface area contributed by atoms with E-state index in [0.717, 1.165) is 16.9 Å². The Morgan fingerprint density at radius 1 is 1.03 bits per heavy atom. The molecule has 0 fully saturated rings. The first-order valence-corrected chi connectivity index (χ1v) is 9.63. The Labute approximate surface area is 177 Å². The number of nitrogens with zero attached hydrogens (tertiary/aromatic N) is 5. The molecule has 0 aliphatic carbocycles. The molecule has 0 radical (unpaired) electrons. The molecule has 0 aliphatic heterocycles. The maximum Gasteiger partial charge on any atom is 0.332 e. The van der Waals surface area contributed by atoms with E-state index in [2.05, 4.69) is 15.5 Å². The van der Waals surface area contributed by atoms with Crippen molar-refractivity contribution in [2.75, 3.05) is 12.5 Å². The lowest BCUT2D eigenvalue weighted by Crippen LogP contribution is -2.39.